The molecule has 3 heterocycles. The molecule has 4 rings (SSSR count). The predicted octanol–water partition coefficient (Wildman–Crippen LogP) is 3.24. The molecule has 3 N–H and O–H groups in total. The number of nitrogens with zero attached hydrogens (tertiary/aromatic N) is 2. The van der Waals surface area contributed by atoms with Gasteiger partial charge in [0.15, 0.2) is 0 Å². The summed E-state index contributed by atoms with van der Waals surface area (Å²) in [5, 5.41) is 6.66. The maximum Gasteiger partial charge on any atom is 0.248 e. The van der Waals surface area contributed by atoms with Gasteiger partial charge in [0, 0.05) is 43.5 Å². The molecule has 0 aliphatic carbocycles. The van der Waals surface area contributed by atoms with Gasteiger partial charge in [0.25, 0.3) is 0 Å². The van der Waals surface area contributed by atoms with E-state index in [9.17, 15) is 9.59 Å². The van der Waals surface area contributed by atoms with Crippen molar-refractivity contribution in [1.82, 2.24) is 15.3 Å². The van der Waals surface area contributed by atoms with Crippen LogP contribution < -0.4 is 15.5 Å². The van der Waals surface area contributed by atoms with Gasteiger partial charge in [-0.1, -0.05) is 18.2 Å². The van der Waals surface area contributed by atoms with Crippen LogP contribution in [0.4, 0.5) is 11.5 Å². The van der Waals surface area contributed by atoms with E-state index in [4.69, 9.17) is 0 Å². The van der Waals surface area contributed by atoms with Crippen molar-refractivity contribution in [2.75, 3.05) is 23.3 Å². The third-order valence-corrected chi connectivity index (χ3v) is 5.51. The fraction of sp³-hybridized carbons (Fsp3) is 0.348. The van der Waals surface area contributed by atoms with E-state index in [-0.39, 0.29) is 11.8 Å². The minimum atomic E-state index is -0.690. The number of pyridine rings is 1. The summed E-state index contributed by atoms with van der Waals surface area (Å²) in [5.41, 5.74) is 3.06. The Balaban J connectivity index is 1.46. The molecule has 1 aliphatic heterocycles. The molecular weight excluding hydrogens is 378 g/mol. The number of fused-ring (bicyclic) bond motifs is 1. The van der Waals surface area contributed by atoms with Crippen molar-refractivity contribution in [1.29, 1.82) is 0 Å². The molecule has 1 aliphatic rings. The molecule has 7 nitrogen and oxygen atoms in total. The average molecular weight is 406 g/mol. The zero-order valence-corrected chi connectivity index (χ0v) is 17.1. The lowest BCUT2D eigenvalue weighted by molar-refractivity contribution is -0.125. The number of carbonyl (C=O) groups is 2. The van der Waals surface area contributed by atoms with Gasteiger partial charge in [-0.15, -0.1) is 0 Å². The van der Waals surface area contributed by atoms with Gasteiger partial charge in [0.05, 0.1) is 11.9 Å². The van der Waals surface area contributed by atoms with Crippen LogP contribution in [0, 0.1) is 0 Å². The van der Waals surface area contributed by atoms with Gasteiger partial charge in [0.1, 0.15) is 11.9 Å². The van der Waals surface area contributed by atoms with Crippen molar-refractivity contribution in [3.05, 3.63) is 54.4 Å². The Morgan fingerprint density at radius 3 is 2.67 bits per heavy atom. The zero-order chi connectivity index (χ0) is 20.9. The van der Waals surface area contributed by atoms with E-state index in [1.807, 2.05) is 42.6 Å². The number of aromatic amines is 1. The molecule has 7 heteroatoms. The molecule has 1 saturated heterocycles. The predicted molar refractivity (Wildman–Crippen MR) is 119 cm³/mol. The fourth-order valence-electron chi connectivity index (χ4n) is 3.99. The number of aromatic nitrogens is 2. The summed E-state index contributed by atoms with van der Waals surface area (Å²) in [6.07, 6.45) is 7.75. The Morgan fingerprint density at radius 1 is 1.13 bits per heavy atom. The van der Waals surface area contributed by atoms with E-state index < -0.39 is 6.04 Å². The Labute approximate surface area is 175 Å². The Hall–Kier alpha value is -3.35. The van der Waals surface area contributed by atoms with Crippen molar-refractivity contribution in [2.45, 2.75) is 38.6 Å². The Morgan fingerprint density at radius 2 is 1.93 bits per heavy atom. The molecule has 3 aromatic rings. The first kappa shape index (κ1) is 19.9. The summed E-state index contributed by atoms with van der Waals surface area (Å²) in [4.78, 5) is 34.6. The standard InChI is InChI=1S/C23H27N5O2/c1-16(29)26-21(13-17-14-24-20-8-4-3-7-19(17)20)23(30)27-22-10-9-18(15-25-22)28-11-5-2-6-12-28/h3-4,7-10,14-15,21,24H,2,5-6,11-13H2,1H3,(H,26,29)(H,25,27,30). The molecule has 0 saturated carbocycles. The highest BCUT2D eigenvalue weighted by molar-refractivity contribution is 5.97. The van der Waals surface area contributed by atoms with Crippen molar-refractivity contribution in [2.24, 2.45) is 0 Å². The highest BCUT2D eigenvalue weighted by Crippen LogP contribution is 2.21. The largest absolute Gasteiger partial charge is 0.370 e. The monoisotopic (exact) mass is 405 g/mol. The van der Waals surface area contributed by atoms with Gasteiger partial charge in [-0.2, -0.15) is 0 Å². The number of H-pyrrole nitrogens is 1. The van der Waals surface area contributed by atoms with Crippen LogP contribution in [0.2, 0.25) is 0 Å². The summed E-state index contributed by atoms with van der Waals surface area (Å²) in [6.45, 7) is 3.51. The highest BCUT2D eigenvalue weighted by Gasteiger charge is 2.22. The number of hydrogen-bond acceptors (Lipinski definition) is 4. The Bertz CT molecular complexity index is 1020. The summed E-state index contributed by atoms with van der Waals surface area (Å²) in [6, 6.07) is 11.0. The molecule has 2 aromatic heterocycles. The second kappa shape index (κ2) is 8.98. The van der Waals surface area contributed by atoms with E-state index in [1.165, 1.54) is 26.2 Å². The first-order valence-electron chi connectivity index (χ1n) is 10.4. The smallest absolute Gasteiger partial charge is 0.248 e. The maximum atomic E-state index is 12.9. The molecule has 1 atom stereocenters. The minimum Gasteiger partial charge on any atom is -0.370 e. The minimum absolute atomic E-state index is 0.247. The molecule has 0 radical (unpaired) electrons. The number of nitrogens with one attached hydrogen (secondary N) is 3. The number of hydrogen-bond donors (Lipinski definition) is 3. The van der Waals surface area contributed by atoms with Crippen LogP contribution >= 0.6 is 0 Å². The Kier molecular flexibility index (Phi) is 5.97. The first-order chi connectivity index (χ1) is 14.6. The van der Waals surface area contributed by atoms with E-state index in [1.54, 1.807) is 6.20 Å². The summed E-state index contributed by atoms with van der Waals surface area (Å²) in [5.74, 6) is -0.0489. The number of amides is 2. The lowest BCUT2D eigenvalue weighted by atomic mass is 10.0. The third kappa shape index (κ3) is 4.62. The second-order valence-corrected chi connectivity index (χ2v) is 7.76. The number of piperidine rings is 1. The van der Waals surface area contributed by atoms with Crippen LogP contribution in [0.15, 0.2) is 48.8 Å². The molecule has 1 aromatic carbocycles. The van der Waals surface area contributed by atoms with Crippen LogP contribution in [0.5, 0.6) is 0 Å². The lowest BCUT2D eigenvalue weighted by Gasteiger charge is -2.28. The van der Waals surface area contributed by atoms with Crippen molar-refractivity contribution in [3.63, 3.8) is 0 Å². The number of benzene rings is 1. The zero-order valence-electron chi connectivity index (χ0n) is 17.1. The summed E-state index contributed by atoms with van der Waals surface area (Å²) < 4.78 is 0. The molecule has 1 fully saturated rings. The van der Waals surface area contributed by atoms with E-state index in [0.717, 1.165) is 35.2 Å². The second-order valence-electron chi connectivity index (χ2n) is 7.76. The average Bonchev–Trinajstić information content (AvgIpc) is 3.17. The van der Waals surface area contributed by atoms with Crippen molar-refractivity contribution >= 4 is 34.2 Å². The number of anilines is 2. The number of rotatable bonds is 6. The van der Waals surface area contributed by atoms with Crippen LogP contribution in [0.3, 0.4) is 0 Å². The van der Waals surface area contributed by atoms with Crippen LogP contribution in [0.25, 0.3) is 10.9 Å². The fourth-order valence-corrected chi connectivity index (χ4v) is 3.99. The van der Waals surface area contributed by atoms with Gasteiger partial charge in [-0.25, -0.2) is 4.98 Å². The van der Waals surface area contributed by atoms with Crippen LogP contribution in [0.1, 0.15) is 31.7 Å². The molecule has 156 valence electrons. The first-order valence-corrected chi connectivity index (χ1v) is 10.4. The van der Waals surface area contributed by atoms with Gasteiger partial charge >= 0.3 is 0 Å². The summed E-state index contributed by atoms with van der Waals surface area (Å²) >= 11 is 0. The maximum absolute atomic E-state index is 12.9. The van der Waals surface area contributed by atoms with Crippen LogP contribution in [-0.4, -0.2) is 40.9 Å². The van der Waals surface area contributed by atoms with E-state index >= 15 is 0 Å². The molecule has 0 spiro atoms. The molecule has 2 amide bonds. The molecule has 1 unspecified atom stereocenters. The number of carbonyl (C=O) groups excluding carboxylic acids is 2. The molecule has 0 bridgehead atoms. The summed E-state index contributed by atoms with van der Waals surface area (Å²) in [7, 11) is 0. The van der Waals surface area contributed by atoms with Gasteiger partial charge in [-0.3, -0.25) is 9.59 Å². The van der Waals surface area contributed by atoms with Gasteiger partial charge in [0.2, 0.25) is 11.8 Å². The molecular formula is C23H27N5O2. The van der Waals surface area contributed by atoms with E-state index in [0.29, 0.717) is 12.2 Å². The van der Waals surface area contributed by atoms with Gasteiger partial charge < -0.3 is 20.5 Å². The van der Waals surface area contributed by atoms with Gasteiger partial charge in [-0.05, 0) is 43.0 Å². The lowest BCUT2D eigenvalue weighted by Crippen LogP contribution is -2.44. The topological polar surface area (TPSA) is 90.1 Å². The van der Waals surface area contributed by atoms with Crippen molar-refractivity contribution in [3.8, 4) is 0 Å². The van der Waals surface area contributed by atoms with Crippen molar-refractivity contribution < 1.29 is 9.59 Å². The number of para-hydroxylation sites is 1. The normalized spacial score (nSPS) is 15.0. The quantitative estimate of drug-likeness (QED) is 0.587. The SMILES string of the molecule is CC(=O)NC(Cc1c[nH]c2ccccc12)C(=O)Nc1ccc(N2CCCCC2)cn1. The molecule has 30 heavy (non-hydrogen) atoms. The highest BCUT2D eigenvalue weighted by atomic mass is 16.2. The van der Waals surface area contributed by atoms with Crippen LogP contribution in [-0.2, 0) is 16.0 Å². The third-order valence-electron chi connectivity index (χ3n) is 5.51. The van der Waals surface area contributed by atoms with E-state index in [2.05, 4.69) is 25.5 Å².